The summed E-state index contributed by atoms with van der Waals surface area (Å²) in [6, 6.07) is 11.5. The number of benzene rings is 1. The maximum atomic E-state index is 11.6. The highest BCUT2D eigenvalue weighted by molar-refractivity contribution is 8.00. The van der Waals surface area contributed by atoms with E-state index in [0.29, 0.717) is 17.2 Å². The van der Waals surface area contributed by atoms with Gasteiger partial charge in [-0.3, -0.25) is 0 Å². The van der Waals surface area contributed by atoms with Crippen LogP contribution in [0, 0.1) is 0 Å². The second-order valence-electron chi connectivity index (χ2n) is 4.63. The number of rotatable bonds is 7. The third-order valence-corrected chi connectivity index (χ3v) is 5.18. The number of esters is 1. The standard InChI is InChI=1S/C17H16O5S2/c1-21-17(20)12(16(18)19)8-14-13(9-15(23-2)24-14)22-10-11-6-4-3-5-7-11/h3-9H,10H2,1-2H3,(H,18,19)/b12-8-. The summed E-state index contributed by atoms with van der Waals surface area (Å²) in [5.41, 5.74) is 0.562. The predicted molar refractivity (Wildman–Crippen MR) is 94.5 cm³/mol. The third-order valence-electron chi connectivity index (χ3n) is 3.05. The van der Waals surface area contributed by atoms with Gasteiger partial charge in [-0.25, -0.2) is 9.59 Å². The number of carbonyl (C=O) groups is 2. The van der Waals surface area contributed by atoms with Crippen LogP contribution in [0.3, 0.4) is 0 Å². The molecule has 0 aliphatic carbocycles. The first-order valence-electron chi connectivity index (χ1n) is 6.93. The van der Waals surface area contributed by atoms with Crippen LogP contribution in [0.5, 0.6) is 5.75 Å². The fraction of sp³-hybridized carbons (Fsp3) is 0.176. The van der Waals surface area contributed by atoms with E-state index in [-0.39, 0.29) is 0 Å². The van der Waals surface area contributed by atoms with Crippen LogP contribution in [0.15, 0.2) is 46.2 Å². The molecule has 0 saturated heterocycles. The molecule has 1 aromatic carbocycles. The topological polar surface area (TPSA) is 72.8 Å². The minimum Gasteiger partial charge on any atom is -0.487 e. The lowest BCUT2D eigenvalue weighted by atomic mass is 10.2. The smallest absolute Gasteiger partial charge is 0.345 e. The van der Waals surface area contributed by atoms with Gasteiger partial charge in [0.05, 0.1) is 16.2 Å². The van der Waals surface area contributed by atoms with Gasteiger partial charge in [0, 0.05) is 6.07 Å². The van der Waals surface area contributed by atoms with E-state index < -0.39 is 17.5 Å². The first-order chi connectivity index (χ1) is 11.5. The molecule has 24 heavy (non-hydrogen) atoms. The van der Waals surface area contributed by atoms with E-state index in [4.69, 9.17) is 4.74 Å². The van der Waals surface area contributed by atoms with Crippen molar-refractivity contribution in [1.82, 2.24) is 0 Å². The Balaban J connectivity index is 2.30. The SMILES string of the molecule is COC(=O)/C(=C\c1sc(SC)cc1OCc1ccccc1)C(=O)O. The fourth-order valence-corrected chi connectivity index (χ4v) is 3.47. The molecule has 2 rings (SSSR count). The minimum absolute atomic E-state index is 0.354. The summed E-state index contributed by atoms with van der Waals surface area (Å²) in [4.78, 5) is 23.4. The van der Waals surface area contributed by atoms with Crippen molar-refractivity contribution in [2.45, 2.75) is 10.8 Å². The van der Waals surface area contributed by atoms with Crippen molar-refractivity contribution >= 4 is 41.1 Å². The Morgan fingerprint density at radius 1 is 1.29 bits per heavy atom. The van der Waals surface area contributed by atoms with Gasteiger partial charge in [-0.1, -0.05) is 30.3 Å². The lowest BCUT2D eigenvalue weighted by Gasteiger charge is -2.06. The molecule has 0 fully saturated rings. The summed E-state index contributed by atoms with van der Waals surface area (Å²) in [7, 11) is 1.15. The van der Waals surface area contributed by atoms with Crippen molar-refractivity contribution in [3.63, 3.8) is 0 Å². The zero-order chi connectivity index (χ0) is 17.5. The van der Waals surface area contributed by atoms with Crippen LogP contribution in [0.1, 0.15) is 10.4 Å². The molecule has 2 aromatic rings. The molecule has 0 amide bonds. The van der Waals surface area contributed by atoms with Gasteiger partial charge in [-0.2, -0.15) is 0 Å². The van der Waals surface area contributed by atoms with E-state index in [1.54, 1.807) is 0 Å². The Labute approximate surface area is 147 Å². The van der Waals surface area contributed by atoms with Crippen LogP contribution in [0.4, 0.5) is 0 Å². The zero-order valence-electron chi connectivity index (χ0n) is 13.1. The van der Waals surface area contributed by atoms with Gasteiger partial charge < -0.3 is 14.6 Å². The van der Waals surface area contributed by atoms with Crippen molar-refractivity contribution in [2.24, 2.45) is 0 Å². The first kappa shape index (κ1) is 18.1. The van der Waals surface area contributed by atoms with E-state index >= 15 is 0 Å². The zero-order valence-corrected chi connectivity index (χ0v) is 14.8. The largest absolute Gasteiger partial charge is 0.487 e. The number of hydrogen-bond acceptors (Lipinski definition) is 6. The predicted octanol–water partition coefficient (Wildman–Crippen LogP) is 3.69. The highest BCUT2D eigenvalue weighted by Crippen LogP contribution is 2.37. The number of carboxylic acid groups (broad SMARTS) is 1. The average molecular weight is 364 g/mol. The van der Waals surface area contributed by atoms with Gasteiger partial charge in [0.15, 0.2) is 0 Å². The molecule has 0 saturated carbocycles. The molecule has 0 spiro atoms. The molecule has 1 heterocycles. The van der Waals surface area contributed by atoms with E-state index in [1.165, 1.54) is 29.2 Å². The third kappa shape index (κ3) is 4.62. The Morgan fingerprint density at radius 2 is 2.00 bits per heavy atom. The number of thioether (sulfide) groups is 1. The maximum absolute atomic E-state index is 11.6. The van der Waals surface area contributed by atoms with Crippen LogP contribution >= 0.6 is 23.1 Å². The summed E-state index contributed by atoms with van der Waals surface area (Å²) in [6.07, 6.45) is 3.21. The van der Waals surface area contributed by atoms with Gasteiger partial charge >= 0.3 is 11.9 Å². The molecule has 0 aliphatic heterocycles. The first-order valence-corrected chi connectivity index (χ1v) is 8.97. The molecule has 0 bridgehead atoms. The number of methoxy groups -OCH3 is 1. The average Bonchev–Trinajstić information content (AvgIpc) is 3.00. The monoisotopic (exact) mass is 364 g/mol. The van der Waals surface area contributed by atoms with E-state index in [0.717, 1.165) is 16.9 Å². The number of thiophene rings is 1. The van der Waals surface area contributed by atoms with Crippen molar-refractivity contribution in [2.75, 3.05) is 13.4 Å². The molecular weight excluding hydrogens is 348 g/mol. The molecule has 0 radical (unpaired) electrons. The fourth-order valence-electron chi connectivity index (χ4n) is 1.86. The van der Waals surface area contributed by atoms with Crippen LogP contribution in [-0.2, 0) is 20.9 Å². The number of aliphatic carboxylic acids is 1. The van der Waals surface area contributed by atoms with Gasteiger partial charge in [0.2, 0.25) is 0 Å². The highest BCUT2D eigenvalue weighted by atomic mass is 32.2. The Kier molecular flexibility index (Phi) is 6.45. The normalized spacial score (nSPS) is 11.2. The van der Waals surface area contributed by atoms with E-state index in [2.05, 4.69) is 4.74 Å². The molecule has 0 unspecified atom stereocenters. The van der Waals surface area contributed by atoms with Crippen molar-refractivity contribution < 1.29 is 24.2 Å². The van der Waals surface area contributed by atoms with Crippen LogP contribution in [0.25, 0.3) is 6.08 Å². The number of ether oxygens (including phenoxy) is 2. The maximum Gasteiger partial charge on any atom is 0.345 e. The molecular formula is C17H16O5S2. The van der Waals surface area contributed by atoms with Crippen molar-refractivity contribution in [3.05, 3.63) is 52.4 Å². The minimum atomic E-state index is -1.34. The van der Waals surface area contributed by atoms with E-state index in [1.807, 2.05) is 42.7 Å². The Bertz CT molecular complexity index is 750. The number of carbonyl (C=O) groups excluding carboxylic acids is 1. The Hall–Kier alpha value is -2.25. The Morgan fingerprint density at radius 3 is 2.58 bits per heavy atom. The molecule has 5 nitrogen and oxygen atoms in total. The highest BCUT2D eigenvalue weighted by Gasteiger charge is 2.20. The second-order valence-corrected chi connectivity index (χ2v) is 6.82. The molecule has 126 valence electrons. The van der Waals surface area contributed by atoms with Crippen molar-refractivity contribution in [3.8, 4) is 5.75 Å². The van der Waals surface area contributed by atoms with Crippen molar-refractivity contribution in [1.29, 1.82) is 0 Å². The van der Waals surface area contributed by atoms with Crippen LogP contribution in [0.2, 0.25) is 0 Å². The van der Waals surface area contributed by atoms with Gasteiger partial charge in [0.25, 0.3) is 0 Å². The summed E-state index contributed by atoms with van der Waals surface area (Å²) in [5, 5.41) is 9.19. The summed E-state index contributed by atoms with van der Waals surface area (Å²) >= 11 is 2.88. The summed E-state index contributed by atoms with van der Waals surface area (Å²) < 4.78 is 11.3. The molecule has 0 aliphatic rings. The van der Waals surface area contributed by atoms with Gasteiger partial charge in [-0.15, -0.1) is 23.1 Å². The summed E-state index contributed by atoms with van der Waals surface area (Å²) in [5.74, 6) is -1.69. The van der Waals surface area contributed by atoms with Crippen LogP contribution < -0.4 is 4.74 Å². The molecule has 7 heteroatoms. The van der Waals surface area contributed by atoms with Crippen LogP contribution in [-0.4, -0.2) is 30.4 Å². The number of hydrogen-bond donors (Lipinski definition) is 1. The second kappa shape index (κ2) is 8.56. The lowest BCUT2D eigenvalue weighted by Crippen LogP contribution is -2.13. The number of carboxylic acids is 1. The van der Waals surface area contributed by atoms with Gasteiger partial charge in [-0.05, 0) is 17.9 Å². The lowest BCUT2D eigenvalue weighted by molar-refractivity contribution is -0.142. The van der Waals surface area contributed by atoms with Gasteiger partial charge in [0.1, 0.15) is 17.9 Å². The summed E-state index contributed by atoms with van der Waals surface area (Å²) in [6.45, 7) is 0.354. The molecule has 1 aromatic heterocycles. The van der Waals surface area contributed by atoms with E-state index in [9.17, 15) is 14.7 Å². The quantitative estimate of drug-likeness (QED) is 0.266. The molecule has 1 N–H and O–H groups in total. The molecule has 0 atom stereocenters.